The van der Waals surface area contributed by atoms with Crippen LogP contribution in [0.5, 0.6) is 0 Å². The molecular weight excluding hydrogens is 471 g/mol. The van der Waals surface area contributed by atoms with Gasteiger partial charge < -0.3 is 26.0 Å². The van der Waals surface area contributed by atoms with Crippen LogP contribution in [0.4, 0.5) is 36.2 Å². The summed E-state index contributed by atoms with van der Waals surface area (Å²) < 4.78 is 42.0. The summed E-state index contributed by atoms with van der Waals surface area (Å²) in [5.74, 6) is 0.158. The molecule has 4 aromatic rings. The average Bonchev–Trinajstić information content (AvgIpc) is 3.44. The standard InChI is InChI=1S/C25H24F3N7O/c26-25(27,28)18-13-31-23(32-14-5-4-10-29-11-14)34-20(18)17-12-30-21-16(17)8-9-19-22(21)35(24(36)33-19)15-6-2-1-3-7-15/h1-3,6-9,12-14,24,29-30,33,36H,4-5,10-11H2,(H,31,32,34)/t14-,24?/m0/s1. The van der Waals surface area contributed by atoms with Crippen LogP contribution < -0.4 is 20.9 Å². The van der Waals surface area contributed by atoms with Gasteiger partial charge in [0, 0.05) is 41.6 Å². The molecule has 8 nitrogen and oxygen atoms in total. The predicted molar refractivity (Wildman–Crippen MR) is 132 cm³/mol. The van der Waals surface area contributed by atoms with Crippen LogP contribution >= 0.6 is 0 Å². The Kier molecular flexibility index (Phi) is 5.45. The maximum absolute atomic E-state index is 14.0. The molecule has 2 aromatic heterocycles. The van der Waals surface area contributed by atoms with E-state index >= 15 is 0 Å². The van der Waals surface area contributed by atoms with Crippen LogP contribution in [0.1, 0.15) is 18.4 Å². The van der Waals surface area contributed by atoms with Crippen molar-refractivity contribution in [3.63, 3.8) is 0 Å². The van der Waals surface area contributed by atoms with Gasteiger partial charge in [0.05, 0.1) is 22.6 Å². The first-order valence-electron chi connectivity index (χ1n) is 11.7. The van der Waals surface area contributed by atoms with E-state index in [1.165, 1.54) is 6.20 Å². The Hall–Kier alpha value is -3.83. The molecular formula is C25H24F3N7O. The zero-order valence-corrected chi connectivity index (χ0v) is 19.1. The molecule has 4 heterocycles. The maximum Gasteiger partial charge on any atom is 0.419 e. The normalized spacial score (nSPS) is 19.8. The zero-order valence-electron chi connectivity index (χ0n) is 19.1. The predicted octanol–water partition coefficient (Wildman–Crippen LogP) is 4.65. The van der Waals surface area contributed by atoms with Gasteiger partial charge in [-0.15, -0.1) is 0 Å². The number of benzene rings is 2. The fourth-order valence-corrected chi connectivity index (χ4v) is 4.95. The van der Waals surface area contributed by atoms with Gasteiger partial charge in [0.25, 0.3) is 0 Å². The molecule has 1 saturated heterocycles. The number of aromatic amines is 1. The quantitative estimate of drug-likeness (QED) is 0.281. The Labute approximate surface area is 204 Å². The maximum atomic E-state index is 14.0. The van der Waals surface area contributed by atoms with E-state index in [1.807, 2.05) is 30.3 Å². The molecule has 1 fully saturated rings. The number of rotatable bonds is 4. The number of piperidine rings is 1. The first-order valence-corrected chi connectivity index (χ1v) is 11.7. The molecule has 2 aliphatic rings. The van der Waals surface area contributed by atoms with E-state index in [-0.39, 0.29) is 17.7 Å². The Balaban J connectivity index is 1.47. The van der Waals surface area contributed by atoms with E-state index in [4.69, 9.17) is 0 Å². The number of aliphatic hydroxyl groups is 1. The van der Waals surface area contributed by atoms with Gasteiger partial charge in [0.2, 0.25) is 12.3 Å². The third kappa shape index (κ3) is 3.90. The molecule has 36 heavy (non-hydrogen) atoms. The number of alkyl halides is 3. The number of aromatic nitrogens is 3. The largest absolute Gasteiger partial charge is 0.419 e. The van der Waals surface area contributed by atoms with Gasteiger partial charge in [-0.3, -0.25) is 4.90 Å². The van der Waals surface area contributed by atoms with Crippen LogP contribution in [-0.2, 0) is 6.18 Å². The minimum Gasteiger partial charge on any atom is -0.359 e. The Morgan fingerprint density at radius 2 is 1.94 bits per heavy atom. The van der Waals surface area contributed by atoms with Crippen LogP contribution in [0.2, 0.25) is 0 Å². The van der Waals surface area contributed by atoms with E-state index in [0.29, 0.717) is 34.4 Å². The average molecular weight is 496 g/mol. The summed E-state index contributed by atoms with van der Waals surface area (Å²) >= 11 is 0. The van der Waals surface area contributed by atoms with Crippen LogP contribution in [0.3, 0.4) is 0 Å². The molecule has 0 radical (unpaired) electrons. The topological polar surface area (TPSA) is 101 Å². The minimum absolute atomic E-state index is 0.0431. The Morgan fingerprint density at radius 3 is 2.69 bits per heavy atom. The van der Waals surface area contributed by atoms with Crippen molar-refractivity contribution < 1.29 is 18.3 Å². The van der Waals surface area contributed by atoms with Gasteiger partial charge in [-0.1, -0.05) is 18.2 Å². The summed E-state index contributed by atoms with van der Waals surface area (Å²) in [6, 6.07) is 12.8. The second-order valence-electron chi connectivity index (χ2n) is 8.95. The monoisotopic (exact) mass is 495 g/mol. The van der Waals surface area contributed by atoms with E-state index in [1.54, 1.807) is 17.0 Å². The lowest BCUT2D eigenvalue weighted by Gasteiger charge is -2.24. The van der Waals surface area contributed by atoms with E-state index in [2.05, 4.69) is 30.9 Å². The minimum atomic E-state index is -4.63. The summed E-state index contributed by atoms with van der Waals surface area (Å²) in [4.78, 5) is 13.2. The van der Waals surface area contributed by atoms with Crippen molar-refractivity contribution in [1.29, 1.82) is 0 Å². The molecule has 2 aliphatic heterocycles. The van der Waals surface area contributed by atoms with Crippen molar-refractivity contribution in [3.05, 3.63) is 60.4 Å². The molecule has 1 unspecified atom stereocenters. The first-order chi connectivity index (χ1) is 17.4. The van der Waals surface area contributed by atoms with Crippen molar-refractivity contribution in [2.75, 3.05) is 28.6 Å². The Morgan fingerprint density at radius 1 is 1.11 bits per heavy atom. The van der Waals surface area contributed by atoms with Gasteiger partial charge in [-0.2, -0.15) is 13.2 Å². The molecule has 186 valence electrons. The number of hydrogen-bond donors (Lipinski definition) is 5. The SMILES string of the molecule is OC1Nc2ccc3c(-c4nc(N[C@H]5CCCNC5)ncc4C(F)(F)F)c[nH]c3c2N1c1ccccc1. The second-order valence-corrected chi connectivity index (χ2v) is 8.95. The zero-order chi connectivity index (χ0) is 24.9. The highest BCUT2D eigenvalue weighted by atomic mass is 19.4. The number of nitrogens with one attached hydrogen (secondary N) is 4. The fraction of sp³-hybridized carbons (Fsp3) is 0.280. The highest BCUT2D eigenvalue weighted by Crippen LogP contribution is 2.47. The number of anilines is 4. The van der Waals surface area contributed by atoms with Crippen molar-refractivity contribution in [3.8, 4) is 11.3 Å². The molecule has 0 saturated carbocycles. The highest BCUT2D eigenvalue weighted by Gasteiger charge is 2.37. The highest BCUT2D eigenvalue weighted by molar-refractivity contribution is 6.08. The summed E-state index contributed by atoms with van der Waals surface area (Å²) in [6.45, 7) is 1.62. The van der Waals surface area contributed by atoms with Gasteiger partial charge in [0.15, 0.2) is 0 Å². The van der Waals surface area contributed by atoms with Crippen molar-refractivity contribution in [1.82, 2.24) is 20.3 Å². The molecule has 11 heteroatoms. The van der Waals surface area contributed by atoms with Crippen molar-refractivity contribution in [2.45, 2.75) is 31.4 Å². The summed E-state index contributed by atoms with van der Waals surface area (Å²) in [7, 11) is 0. The summed E-state index contributed by atoms with van der Waals surface area (Å²) in [5.41, 5.74) is 1.84. The fourth-order valence-electron chi connectivity index (χ4n) is 4.95. The third-order valence-electron chi connectivity index (χ3n) is 6.61. The lowest BCUT2D eigenvalue weighted by molar-refractivity contribution is -0.137. The lowest BCUT2D eigenvalue weighted by Crippen LogP contribution is -2.38. The van der Waals surface area contributed by atoms with E-state index in [0.717, 1.165) is 31.3 Å². The number of nitrogens with zero attached hydrogens (tertiary/aromatic N) is 3. The van der Waals surface area contributed by atoms with E-state index in [9.17, 15) is 18.3 Å². The van der Waals surface area contributed by atoms with Crippen LogP contribution in [0.15, 0.2) is 54.9 Å². The number of para-hydroxylation sites is 1. The Bertz CT molecular complexity index is 1400. The number of aliphatic hydroxyl groups excluding tert-OH is 1. The smallest absolute Gasteiger partial charge is 0.359 e. The molecule has 0 spiro atoms. The molecule has 6 rings (SSSR count). The molecule has 0 bridgehead atoms. The summed E-state index contributed by atoms with van der Waals surface area (Å²) in [5, 5.41) is 20.7. The van der Waals surface area contributed by atoms with Gasteiger partial charge >= 0.3 is 6.18 Å². The van der Waals surface area contributed by atoms with Gasteiger partial charge in [-0.05, 0) is 43.7 Å². The second kappa shape index (κ2) is 8.68. The first kappa shape index (κ1) is 22.6. The number of hydrogen-bond acceptors (Lipinski definition) is 7. The van der Waals surface area contributed by atoms with Crippen molar-refractivity contribution >= 4 is 33.9 Å². The molecule has 2 aromatic carbocycles. The molecule has 0 amide bonds. The van der Waals surface area contributed by atoms with Gasteiger partial charge in [0.1, 0.15) is 5.56 Å². The van der Waals surface area contributed by atoms with Crippen LogP contribution in [0, 0.1) is 0 Å². The molecule has 2 atom stereocenters. The summed E-state index contributed by atoms with van der Waals surface area (Å²) in [6.07, 6.45) is -1.43. The molecule has 0 aliphatic carbocycles. The van der Waals surface area contributed by atoms with Crippen LogP contribution in [-0.4, -0.2) is 45.5 Å². The van der Waals surface area contributed by atoms with Crippen LogP contribution in [0.25, 0.3) is 22.2 Å². The number of H-pyrrole nitrogens is 1. The van der Waals surface area contributed by atoms with E-state index < -0.39 is 18.1 Å². The molecule has 5 N–H and O–H groups in total. The van der Waals surface area contributed by atoms with Gasteiger partial charge in [-0.25, -0.2) is 9.97 Å². The number of fused-ring (bicyclic) bond motifs is 3. The third-order valence-corrected chi connectivity index (χ3v) is 6.61. The lowest BCUT2D eigenvalue weighted by atomic mass is 10.0. The number of halogens is 3. The van der Waals surface area contributed by atoms with Crippen molar-refractivity contribution in [2.24, 2.45) is 0 Å².